The fourth-order valence-electron chi connectivity index (χ4n) is 4.23. The Morgan fingerprint density at radius 3 is 2.47 bits per heavy atom. The van der Waals surface area contributed by atoms with E-state index in [4.69, 9.17) is 4.42 Å². The molecule has 1 aliphatic rings. The molecule has 0 fully saturated rings. The van der Waals surface area contributed by atoms with Crippen molar-refractivity contribution in [2.24, 2.45) is 0 Å². The molecule has 6 nitrogen and oxygen atoms in total. The summed E-state index contributed by atoms with van der Waals surface area (Å²) < 4.78 is 5.29. The molecular formula is C26H26N2O4. The number of Topliss-reactive ketones (excluding diaryl/α,β-unsaturated/α-hetero) is 1. The largest absolute Gasteiger partial charge is 0.503 e. The van der Waals surface area contributed by atoms with Gasteiger partial charge in [-0.3, -0.25) is 9.59 Å². The second-order valence-corrected chi connectivity index (χ2v) is 8.23. The summed E-state index contributed by atoms with van der Waals surface area (Å²) in [6, 6.07) is 19.8. The first-order chi connectivity index (χ1) is 15.4. The maximum absolute atomic E-state index is 13.3. The van der Waals surface area contributed by atoms with Crippen LogP contribution >= 0.6 is 0 Å². The Labute approximate surface area is 187 Å². The summed E-state index contributed by atoms with van der Waals surface area (Å²) in [4.78, 5) is 30.1. The third-order valence-electron chi connectivity index (χ3n) is 5.83. The molecule has 164 valence electrons. The topological polar surface area (TPSA) is 74.0 Å². The summed E-state index contributed by atoms with van der Waals surface area (Å²) in [7, 11) is 3.89. The Kier molecular flexibility index (Phi) is 5.97. The summed E-state index contributed by atoms with van der Waals surface area (Å²) >= 11 is 0. The molecule has 2 aromatic carbocycles. The Balaban J connectivity index is 1.79. The van der Waals surface area contributed by atoms with Gasteiger partial charge in [-0.1, -0.05) is 60.2 Å². The first-order valence-electron chi connectivity index (χ1n) is 10.5. The fraction of sp³-hybridized carbons (Fsp3) is 0.231. The second kappa shape index (κ2) is 8.85. The van der Waals surface area contributed by atoms with E-state index in [0.717, 1.165) is 16.7 Å². The van der Waals surface area contributed by atoms with Crippen molar-refractivity contribution in [3.8, 4) is 0 Å². The van der Waals surface area contributed by atoms with Crippen LogP contribution in [0.25, 0.3) is 0 Å². The molecule has 2 heterocycles. The molecule has 6 heteroatoms. The Morgan fingerprint density at radius 2 is 1.84 bits per heavy atom. The number of aliphatic hydroxyl groups is 1. The summed E-state index contributed by atoms with van der Waals surface area (Å²) in [5.74, 6) is -1.49. The number of aryl methyl sites for hydroxylation is 1. The number of carbonyl (C=O) groups is 2. The zero-order valence-corrected chi connectivity index (χ0v) is 18.4. The summed E-state index contributed by atoms with van der Waals surface area (Å²) in [6.45, 7) is 2.25. The van der Waals surface area contributed by atoms with E-state index in [1.807, 2.05) is 80.5 Å². The van der Waals surface area contributed by atoms with Crippen LogP contribution in [-0.4, -0.2) is 47.2 Å². The van der Waals surface area contributed by atoms with E-state index < -0.39 is 23.5 Å². The Bertz CT molecular complexity index is 1150. The van der Waals surface area contributed by atoms with Crippen molar-refractivity contribution in [3.63, 3.8) is 0 Å². The maximum atomic E-state index is 13.3. The molecule has 0 saturated carbocycles. The van der Waals surface area contributed by atoms with E-state index >= 15 is 0 Å². The molecule has 3 aromatic rings. The zero-order chi connectivity index (χ0) is 22.8. The highest BCUT2D eigenvalue weighted by atomic mass is 16.3. The highest BCUT2D eigenvalue weighted by Gasteiger charge is 2.45. The molecule has 1 amide bonds. The summed E-state index contributed by atoms with van der Waals surface area (Å²) in [5.41, 5.74) is 2.85. The average molecular weight is 431 g/mol. The van der Waals surface area contributed by atoms with E-state index in [-0.39, 0.29) is 17.4 Å². The lowest BCUT2D eigenvalue weighted by Crippen LogP contribution is -2.38. The molecule has 2 unspecified atom stereocenters. The van der Waals surface area contributed by atoms with Crippen molar-refractivity contribution in [1.82, 2.24) is 9.80 Å². The predicted octanol–water partition coefficient (Wildman–Crippen LogP) is 4.47. The van der Waals surface area contributed by atoms with Crippen LogP contribution in [0, 0.1) is 6.92 Å². The van der Waals surface area contributed by atoms with Crippen molar-refractivity contribution in [2.75, 3.05) is 20.6 Å². The molecule has 1 N–H and O–H groups in total. The number of likely N-dealkylation sites (N-methyl/N-ethyl adjacent to an activating group) is 1. The molecule has 0 bridgehead atoms. The van der Waals surface area contributed by atoms with Gasteiger partial charge < -0.3 is 19.3 Å². The number of carbonyl (C=O) groups excluding carboxylic acids is 2. The van der Waals surface area contributed by atoms with Crippen molar-refractivity contribution in [1.29, 1.82) is 0 Å². The van der Waals surface area contributed by atoms with Gasteiger partial charge in [-0.25, -0.2) is 0 Å². The minimum Gasteiger partial charge on any atom is -0.503 e. The Morgan fingerprint density at radius 1 is 1.09 bits per heavy atom. The van der Waals surface area contributed by atoms with E-state index in [1.54, 1.807) is 11.0 Å². The summed E-state index contributed by atoms with van der Waals surface area (Å²) in [5, 5.41) is 10.8. The van der Waals surface area contributed by atoms with Crippen LogP contribution in [0.3, 0.4) is 0 Å². The van der Waals surface area contributed by atoms with Crippen LogP contribution in [-0.2, 0) is 4.79 Å². The number of benzene rings is 2. The monoisotopic (exact) mass is 430 g/mol. The van der Waals surface area contributed by atoms with E-state index in [1.165, 1.54) is 12.3 Å². The van der Waals surface area contributed by atoms with Gasteiger partial charge in [0.25, 0.3) is 5.91 Å². The normalized spacial score (nSPS) is 17.3. The van der Waals surface area contributed by atoms with Gasteiger partial charge in [0.1, 0.15) is 0 Å². The highest BCUT2D eigenvalue weighted by Crippen LogP contribution is 2.40. The van der Waals surface area contributed by atoms with Gasteiger partial charge in [0, 0.05) is 6.54 Å². The highest BCUT2D eigenvalue weighted by molar-refractivity contribution is 6.15. The first kappa shape index (κ1) is 21.6. The van der Waals surface area contributed by atoms with Gasteiger partial charge in [0.15, 0.2) is 11.5 Å². The SMILES string of the molecule is Cc1cccc(C2C(C(=O)c3ccco3)=C(O)C(=O)N2CC(c2ccccc2)N(C)C)c1. The maximum Gasteiger partial charge on any atom is 0.290 e. The lowest BCUT2D eigenvalue weighted by molar-refractivity contribution is -0.130. The van der Waals surface area contributed by atoms with E-state index in [0.29, 0.717) is 6.54 Å². The van der Waals surface area contributed by atoms with Crippen LogP contribution in [0.1, 0.15) is 39.3 Å². The van der Waals surface area contributed by atoms with Crippen molar-refractivity contribution < 1.29 is 19.1 Å². The minimum absolute atomic E-state index is 0.0427. The molecule has 0 spiro atoms. The van der Waals surface area contributed by atoms with E-state index in [2.05, 4.69) is 0 Å². The standard InChI is InChI=1S/C26H26N2O4/c1-17-9-7-12-19(15-17)23-22(24(29)21-13-8-14-32-21)25(30)26(31)28(23)16-20(27(2)3)18-10-5-4-6-11-18/h4-15,20,23,30H,16H2,1-3H3. The molecule has 0 saturated heterocycles. The van der Waals surface area contributed by atoms with Crippen LogP contribution in [0.2, 0.25) is 0 Å². The number of hydrogen-bond acceptors (Lipinski definition) is 5. The molecule has 4 rings (SSSR count). The van der Waals surface area contributed by atoms with Gasteiger partial charge in [-0.2, -0.15) is 0 Å². The van der Waals surface area contributed by atoms with Crippen LogP contribution in [0.5, 0.6) is 0 Å². The molecule has 0 aliphatic carbocycles. The van der Waals surface area contributed by atoms with Crippen LogP contribution in [0.15, 0.2) is 88.7 Å². The van der Waals surface area contributed by atoms with E-state index in [9.17, 15) is 14.7 Å². The molecule has 2 atom stereocenters. The molecule has 1 aliphatic heterocycles. The number of amides is 1. The smallest absolute Gasteiger partial charge is 0.290 e. The van der Waals surface area contributed by atoms with Gasteiger partial charge in [0.2, 0.25) is 5.78 Å². The molecule has 32 heavy (non-hydrogen) atoms. The quantitative estimate of drug-likeness (QED) is 0.560. The van der Waals surface area contributed by atoms with Crippen LogP contribution in [0.4, 0.5) is 0 Å². The number of rotatable bonds is 7. The predicted molar refractivity (Wildman–Crippen MR) is 121 cm³/mol. The number of furan rings is 1. The lowest BCUT2D eigenvalue weighted by atomic mass is 9.93. The second-order valence-electron chi connectivity index (χ2n) is 8.23. The van der Waals surface area contributed by atoms with Gasteiger partial charge in [0.05, 0.1) is 23.9 Å². The fourth-order valence-corrected chi connectivity index (χ4v) is 4.23. The first-order valence-corrected chi connectivity index (χ1v) is 10.5. The Hall–Kier alpha value is -3.64. The minimum atomic E-state index is -0.717. The number of aliphatic hydroxyl groups excluding tert-OH is 1. The van der Waals surface area contributed by atoms with Crippen molar-refractivity contribution in [3.05, 3.63) is 107 Å². The number of ketones is 1. The van der Waals surface area contributed by atoms with Crippen molar-refractivity contribution in [2.45, 2.75) is 19.0 Å². The molecule has 1 aromatic heterocycles. The third-order valence-corrected chi connectivity index (χ3v) is 5.83. The summed E-state index contributed by atoms with van der Waals surface area (Å²) in [6.07, 6.45) is 1.40. The number of nitrogens with zero attached hydrogens (tertiary/aromatic N) is 2. The van der Waals surface area contributed by atoms with Crippen LogP contribution < -0.4 is 0 Å². The average Bonchev–Trinajstić information content (AvgIpc) is 3.40. The zero-order valence-electron chi connectivity index (χ0n) is 18.4. The molecular weight excluding hydrogens is 404 g/mol. The third kappa shape index (κ3) is 3.97. The lowest BCUT2D eigenvalue weighted by Gasteiger charge is -2.33. The van der Waals surface area contributed by atoms with Gasteiger partial charge in [-0.15, -0.1) is 0 Å². The molecule has 0 radical (unpaired) electrons. The van der Waals surface area contributed by atoms with Gasteiger partial charge >= 0.3 is 0 Å². The van der Waals surface area contributed by atoms with Crippen molar-refractivity contribution >= 4 is 11.7 Å². The number of hydrogen-bond donors (Lipinski definition) is 1. The van der Waals surface area contributed by atoms with Gasteiger partial charge in [-0.05, 0) is 44.3 Å².